The Bertz CT molecular complexity index is 745. The predicted molar refractivity (Wildman–Crippen MR) is 137 cm³/mol. The molecule has 1 saturated heterocycles. The Kier molecular flexibility index (Phi) is 12.2. The van der Waals surface area contributed by atoms with Crippen LogP contribution in [0.3, 0.4) is 0 Å². The highest BCUT2D eigenvalue weighted by Gasteiger charge is 2.22. The minimum atomic E-state index is -3.14. The third kappa shape index (κ3) is 9.51. The molecule has 2 N–H and O–H groups in total. The molecule has 1 atom stereocenters. The number of likely N-dealkylation sites (tertiary alicyclic amines) is 1. The lowest BCUT2D eigenvalue weighted by atomic mass is 10.0. The van der Waals surface area contributed by atoms with Gasteiger partial charge in [-0.05, 0) is 69.3 Å². The minimum absolute atomic E-state index is 0. The van der Waals surface area contributed by atoms with Gasteiger partial charge in [0.2, 0.25) is 0 Å². The summed E-state index contributed by atoms with van der Waals surface area (Å²) >= 11 is 0. The molecule has 0 aliphatic carbocycles. The average molecular weight is 551 g/mol. The number of sulfone groups is 1. The first-order valence-electron chi connectivity index (χ1n) is 10.8. The van der Waals surface area contributed by atoms with Gasteiger partial charge in [-0.25, -0.2) is 8.42 Å². The zero-order valence-electron chi connectivity index (χ0n) is 18.9. The van der Waals surface area contributed by atoms with Gasteiger partial charge in [0.1, 0.15) is 0 Å². The van der Waals surface area contributed by atoms with E-state index in [-0.39, 0.29) is 24.0 Å². The van der Waals surface area contributed by atoms with Crippen LogP contribution in [0.4, 0.5) is 0 Å². The van der Waals surface area contributed by atoms with E-state index < -0.39 is 9.84 Å². The molecule has 1 heterocycles. The first kappa shape index (κ1) is 27.2. The van der Waals surface area contributed by atoms with E-state index in [1.54, 1.807) is 12.1 Å². The second-order valence-electron chi connectivity index (χ2n) is 8.34. The molecule has 1 fully saturated rings. The second-order valence-corrected chi connectivity index (χ2v) is 10.4. The molecule has 0 saturated carbocycles. The Morgan fingerprint density at radius 3 is 2.30 bits per heavy atom. The third-order valence-electron chi connectivity index (χ3n) is 5.26. The van der Waals surface area contributed by atoms with Gasteiger partial charge in [0.25, 0.3) is 0 Å². The minimum Gasteiger partial charge on any atom is -0.357 e. The third-order valence-corrected chi connectivity index (χ3v) is 6.39. The van der Waals surface area contributed by atoms with Crippen LogP contribution < -0.4 is 10.6 Å². The highest BCUT2D eigenvalue weighted by atomic mass is 127. The summed E-state index contributed by atoms with van der Waals surface area (Å²) in [7, 11) is -3.14. The molecule has 0 amide bonds. The number of nitrogens with zero attached hydrogens (tertiary/aromatic N) is 2. The van der Waals surface area contributed by atoms with Crippen LogP contribution >= 0.6 is 24.0 Å². The fraction of sp³-hybridized carbons (Fsp3) is 0.682. The summed E-state index contributed by atoms with van der Waals surface area (Å²) < 4.78 is 23.1. The number of rotatable bonds is 10. The Labute approximate surface area is 200 Å². The molecule has 1 aromatic carbocycles. The van der Waals surface area contributed by atoms with Gasteiger partial charge in [-0.3, -0.25) is 9.89 Å². The molecule has 8 heteroatoms. The molecule has 0 bridgehead atoms. The van der Waals surface area contributed by atoms with Crippen LogP contribution in [-0.2, 0) is 16.3 Å². The number of hydrogen-bond donors (Lipinski definition) is 2. The molecule has 0 spiro atoms. The zero-order valence-corrected chi connectivity index (χ0v) is 22.0. The van der Waals surface area contributed by atoms with Crippen LogP contribution in [0.2, 0.25) is 0 Å². The van der Waals surface area contributed by atoms with E-state index in [1.807, 2.05) is 12.1 Å². The van der Waals surface area contributed by atoms with Gasteiger partial charge < -0.3 is 10.6 Å². The van der Waals surface area contributed by atoms with Crippen LogP contribution in [0.15, 0.2) is 34.2 Å². The SMILES string of the molecule is CCNC(=NCC(CC(C)C)N1CCCC1)NCCc1ccc(S(C)(=O)=O)cc1.I. The molecule has 30 heavy (non-hydrogen) atoms. The van der Waals surface area contributed by atoms with Gasteiger partial charge >= 0.3 is 0 Å². The molecule has 1 unspecified atom stereocenters. The quantitative estimate of drug-likeness (QED) is 0.266. The number of guanidine groups is 1. The van der Waals surface area contributed by atoms with Crippen molar-refractivity contribution in [1.82, 2.24) is 15.5 Å². The molecule has 1 aliphatic rings. The summed E-state index contributed by atoms with van der Waals surface area (Å²) in [6.07, 6.45) is 5.83. The van der Waals surface area contributed by atoms with Gasteiger partial charge in [0, 0.05) is 25.4 Å². The van der Waals surface area contributed by atoms with Crippen molar-refractivity contribution >= 4 is 39.8 Å². The maximum atomic E-state index is 11.6. The first-order valence-corrected chi connectivity index (χ1v) is 12.7. The fourth-order valence-corrected chi connectivity index (χ4v) is 4.39. The molecule has 0 radical (unpaired) electrons. The maximum Gasteiger partial charge on any atom is 0.191 e. The lowest BCUT2D eigenvalue weighted by Gasteiger charge is -2.28. The van der Waals surface area contributed by atoms with Crippen molar-refractivity contribution in [2.75, 3.05) is 39.0 Å². The van der Waals surface area contributed by atoms with Gasteiger partial charge in [-0.1, -0.05) is 26.0 Å². The monoisotopic (exact) mass is 550 g/mol. The fourth-order valence-electron chi connectivity index (χ4n) is 3.76. The van der Waals surface area contributed by atoms with Crippen LogP contribution in [0.25, 0.3) is 0 Å². The van der Waals surface area contributed by atoms with Crippen molar-refractivity contribution in [3.63, 3.8) is 0 Å². The van der Waals surface area contributed by atoms with Crippen molar-refractivity contribution in [3.05, 3.63) is 29.8 Å². The molecule has 172 valence electrons. The summed E-state index contributed by atoms with van der Waals surface area (Å²) in [6.45, 7) is 11.4. The standard InChI is InChI=1S/C22H38N4O2S.HI/c1-5-23-22(25-17-20(16-18(2)3)26-14-6-7-15-26)24-13-12-19-8-10-21(11-9-19)29(4,27)28;/h8-11,18,20H,5-7,12-17H2,1-4H3,(H2,23,24,25);1H. The van der Waals surface area contributed by atoms with Gasteiger partial charge in [-0.15, -0.1) is 24.0 Å². The Balaban J connectivity index is 0.00000450. The van der Waals surface area contributed by atoms with E-state index in [2.05, 4.69) is 36.3 Å². The van der Waals surface area contributed by atoms with Gasteiger partial charge in [0.05, 0.1) is 11.4 Å². The molecule has 1 aromatic rings. The van der Waals surface area contributed by atoms with Crippen LogP contribution in [-0.4, -0.2) is 64.3 Å². The largest absolute Gasteiger partial charge is 0.357 e. The summed E-state index contributed by atoms with van der Waals surface area (Å²) in [5, 5.41) is 6.75. The molecule has 1 aliphatic heterocycles. The normalized spacial score (nSPS) is 16.4. The van der Waals surface area contributed by atoms with E-state index in [0.29, 0.717) is 16.9 Å². The van der Waals surface area contributed by atoms with Crippen molar-refractivity contribution < 1.29 is 8.42 Å². The maximum absolute atomic E-state index is 11.6. The average Bonchev–Trinajstić information content (AvgIpc) is 3.19. The number of aliphatic imine (C=N–C) groups is 1. The highest BCUT2D eigenvalue weighted by Crippen LogP contribution is 2.18. The predicted octanol–water partition coefficient (Wildman–Crippen LogP) is 3.32. The van der Waals surface area contributed by atoms with E-state index in [1.165, 1.54) is 38.6 Å². The first-order chi connectivity index (χ1) is 13.8. The lowest BCUT2D eigenvalue weighted by molar-refractivity contribution is 0.218. The molecular formula is C22H39IN4O2S. The van der Waals surface area contributed by atoms with Gasteiger partial charge in [-0.2, -0.15) is 0 Å². The summed E-state index contributed by atoms with van der Waals surface area (Å²) in [6, 6.07) is 7.63. The zero-order chi connectivity index (χ0) is 21.3. The van der Waals surface area contributed by atoms with E-state index in [0.717, 1.165) is 37.6 Å². The van der Waals surface area contributed by atoms with Gasteiger partial charge in [0.15, 0.2) is 15.8 Å². The summed E-state index contributed by atoms with van der Waals surface area (Å²) in [5.41, 5.74) is 1.11. The topological polar surface area (TPSA) is 73.8 Å². The molecule has 0 aromatic heterocycles. The number of nitrogens with one attached hydrogen (secondary N) is 2. The van der Waals surface area contributed by atoms with Crippen molar-refractivity contribution in [2.24, 2.45) is 10.9 Å². The Morgan fingerprint density at radius 2 is 1.77 bits per heavy atom. The molecule has 6 nitrogen and oxygen atoms in total. The number of halogens is 1. The van der Waals surface area contributed by atoms with E-state index in [9.17, 15) is 8.42 Å². The van der Waals surface area contributed by atoms with E-state index >= 15 is 0 Å². The smallest absolute Gasteiger partial charge is 0.191 e. The highest BCUT2D eigenvalue weighted by molar-refractivity contribution is 14.0. The number of hydrogen-bond acceptors (Lipinski definition) is 4. The Morgan fingerprint density at radius 1 is 1.13 bits per heavy atom. The molecular weight excluding hydrogens is 511 g/mol. The van der Waals surface area contributed by atoms with Crippen molar-refractivity contribution in [2.45, 2.75) is 57.4 Å². The van der Waals surface area contributed by atoms with Crippen LogP contribution in [0, 0.1) is 5.92 Å². The van der Waals surface area contributed by atoms with E-state index in [4.69, 9.17) is 4.99 Å². The van der Waals surface area contributed by atoms with Crippen molar-refractivity contribution in [3.8, 4) is 0 Å². The second kappa shape index (κ2) is 13.5. The Hall–Kier alpha value is -0.870. The number of benzene rings is 1. The molecule has 2 rings (SSSR count). The van der Waals surface area contributed by atoms with Crippen LogP contribution in [0.5, 0.6) is 0 Å². The summed E-state index contributed by atoms with van der Waals surface area (Å²) in [5.74, 6) is 1.52. The lowest BCUT2D eigenvalue weighted by Crippen LogP contribution is -2.41. The van der Waals surface area contributed by atoms with Crippen molar-refractivity contribution in [1.29, 1.82) is 0 Å². The van der Waals surface area contributed by atoms with Crippen LogP contribution in [0.1, 0.15) is 45.6 Å². The summed E-state index contributed by atoms with van der Waals surface area (Å²) in [4.78, 5) is 7.82.